The predicted molar refractivity (Wildman–Crippen MR) is 129 cm³/mol. The molecule has 1 N–H and O–H groups in total. The van der Waals surface area contributed by atoms with Gasteiger partial charge in [0.1, 0.15) is 5.82 Å². The minimum atomic E-state index is -0.584. The highest BCUT2D eigenvalue weighted by Gasteiger charge is 2.37. The lowest BCUT2D eigenvalue weighted by atomic mass is 9.94. The molecule has 2 aliphatic rings. The van der Waals surface area contributed by atoms with Crippen molar-refractivity contribution in [2.24, 2.45) is 0 Å². The number of nitrogens with one attached hydrogen (secondary N) is 1. The minimum absolute atomic E-state index is 0.0398. The van der Waals surface area contributed by atoms with Gasteiger partial charge >= 0.3 is 6.03 Å². The Balaban J connectivity index is 1.58. The van der Waals surface area contributed by atoms with Crippen LogP contribution in [0, 0.1) is 5.82 Å². The number of hydrogen-bond acceptors (Lipinski definition) is 7. The Morgan fingerprint density at radius 2 is 1.92 bits per heavy atom. The number of carbonyl (C=O) groups is 1. The van der Waals surface area contributed by atoms with Gasteiger partial charge in [-0.2, -0.15) is 4.98 Å². The molecule has 0 saturated carbocycles. The van der Waals surface area contributed by atoms with E-state index in [0.717, 1.165) is 18.4 Å². The molecule has 1 fully saturated rings. The van der Waals surface area contributed by atoms with Crippen molar-refractivity contribution in [3.63, 3.8) is 0 Å². The first-order valence-electron chi connectivity index (χ1n) is 11.7. The number of ether oxygens (including phenoxy) is 3. The maximum atomic E-state index is 13.4. The number of allylic oxidation sites excluding steroid dienone is 1. The largest absolute Gasteiger partial charge is 0.493 e. The van der Waals surface area contributed by atoms with Crippen molar-refractivity contribution in [2.75, 3.05) is 27.4 Å². The number of urea groups is 1. The highest BCUT2D eigenvalue weighted by molar-refractivity contribution is 5.87. The van der Waals surface area contributed by atoms with Crippen LogP contribution in [0.25, 0.3) is 17.0 Å². The van der Waals surface area contributed by atoms with E-state index < -0.39 is 6.04 Å². The van der Waals surface area contributed by atoms with Gasteiger partial charge in [-0.25, -0.2) is 9.18 Å². The molecule has 0 radical (unpaired) electrons. The summed E-state index contributed by atoms with van der Waals surface area (Å²) in [6.07, 6.45) is 1.82. The first kappa shape index (κ1) is 23.8. The average molecular weight is 495 g/mol. The molecule has 3 heterocycles. The zero-order valence-electron chi connectivity index (χ0n) is 20.3. The Kier molecular flexibility index (Phi) is 6.60. The van der Waals surface area contributed by atoms with E-state index >= 15 is 0 Å². The van der Waals surface area contributed by atoms with E-state index in [0.29, 0.717) is 47.3 Å². The van der Waals surface area contributed by atoms with Crippen molar-refractivity contribution >= 4 is 11.6 Å². The topological polar surface area (TPSA) is 99.0 Å². The van der Waals surface area contributed by atoms with Gasteiger partial charge in [0, 0.05) is 17.9 Å². The summed E-state index contributed by atoms with van der Waals surface area (Å²) in [5.74, 6) is 1.32. The summed E-state index contributed by atoms with van der Waals surface area (Å²) < 4.78 is 35.7. The number of carbonyl (C=O) groups excluding carboxylic acids is 1. The molecule has 5 rings (SSSR count). The third kappa shape index (κ3) is 4.51. The van der Waals surface area contributed by atoms with Crippen molar-refractivity contribution < 1.29 is 27.9 Å². The van der Waals surface area contributed by atoms with Crippen LogP contribution in [0.3, 0.4) is 0 Å². The normalized spacial score (nSPS) is 20.0. The third-order valence-corrected chi connectivity index (χ3v) is 6.51. The third-order valence-electron chi connectivity index (χ3n) is 6.51. The molecule has 10 heteroatoms. The van der Waals surface area contributed by atoms with Gasteiger partial charge in [-0.15, -0.1) is 0 Å². The van der Waals surface area contributed by atoms with Crippen LogP contribution in [0.1, 0.15) is 37.3 Å². The molecule has 1 aromatic heterocycles. The lowest BCUT2D eigenvalue weighted by molar-refractivity contribution is 0.0877. The number of nitrogens with zero attached hydrogens (tertiary/aromatic N) is 3. The lowest BCUT2D eigenvalue weighted by Crippen LogP contribution is -2.48. The Hall–Kier alpha value is -3.92. The summed E-state index contributed by atoms with van der Waals surface area (Å²) in [5, 5.41) is 7.20. The lowest BCUT2D eigenvalue weighted by Gasteiger charge is -2.36. The van der Waals surface area contributed by atoms with E-state index in [2.05, 4.69) is 15.5 Å². The van der Waals surface area contributed by atoms with E-state index in [1.165, 1.54) is 12.1 Å². The Bertz CT molecular complexity index is 1280. The van der Waals surface area contributed by atoms with Crippen LogP contribution in [-0.2, 0) is 4.74 Å². The second-order valence-electron chi connectivity index (χ2n) is 8.67. The second-order valence-corrected chi connectivity index (χ2v) is 8.67. The average Bonchev–Trinajstić information content (AvgIpc) is 3.59. The van der Waals surface area contributed by atoms with Crippen LogP contribution in [0.4, 0.5) is 9.18 Å². The Labute approximate surface area is 207 Å². The number of hydrogen-bond donors (Lipinski definition) is 1. The van der Waals surface area contributed by atoms with Crippen LogP contribution in [0.2, 0.25) is 0 Å². The fourth-order valence-corrected chi connectivity index (χ4v) is 4.60. The summed E-state index contributed by atoms with van der Waals surface area (Å²) in [7, 11) is 3.12. The zero-order chi connectivity index (χ0) is 25.2. The minimum Gasteiger partial charge on any atom is -0.493 e. The number of amides is 2. The van der Waals surface area contributed by atoms with E-state index in [1.807, 2.05) is 19.1 Å². The number of benzene rings is 2. The molecule has 2 aliphatic heterocycles. The molecule has 0 aliphatic carbocycles. The zero-order valence-corrected chi connectivity index (χ0v) is 20.3. The maximum absolute atomic E-state index is 13.4. The first-order chi connectivity index (χ1) is 17.5. The molecule has 9 nitrogen and oxygen atoms in total. The SMILES string of the molecule is COc1ccc(C2NC(=O)N(CC3CCCO3)C(C)=C2c2nc(-c3ccc(F)cc3)no2)cc1OC. The van der Waals surface area contributed by atoms with Gasteiger partial charge < -0.3 is 24.1 Å². The van der Waals surface area contributed by atoms with Crippen molar-refractivity contribution in [3.8, 4) is 22.9 Å². The molecule has 2 atom stereocenters. The number of aromatic nitrogens is 2. The van der Waals surface area contributed by atoms with Gasteiger partial charge in [0.25, 0.3) is 5.89 Å². The first-order valence-corrected chi connectivity index (χ1v) is 11.7. The maximum Gasteiger partial charge on any atom is 0.322 e. The van der Waals surface area contributed by atoms with Gasteiger partial charge in [-0.05, 0) is 61.7 Å². The highest BCUT2D eigenvalue weighted by atomic mass is 19.1. The standard InChI is InChI=1S/C26H27FN4O5/c1-15-22(25-29-24(30-36-25)16-6-9-18(27)10-7-16)23(17-8-11-20(33-2)21(13-17)34-3)28-26(32)31(15)14-19-5-4-12-35-19/h6-11,13,19,23H,4-5,12,14H2,1-3H3,(H,28,32). The van der Waals surface area contributed by atoms with E-state index in [1.54, 1.807) is 37.3 Å². The van der Waals surface area contributed by atoms with Crippen molar-refractivity contribution in [3.05, 3.63) is 65.4 Å². The molecular weight excluding hydrogens is 467 g/mol. The fraction of sp³-hybridized carbons (Fsp3) is 0.346. The van der Waals surface area contributed by atoms with E-state index in [-0.39, 0.29) is 23.8 Å². The van der Waals surface area contributed by atoms with Crippen LogP contribution in [-0.4, -0.2) is 54.5 Å². The molecule has 3 aromatic rings. The molecule has 188 valence electrons. The van der Waals surface area contributed by atoms with Gasteiger partial charge in [-0.1, -0.05) is 11.2 Å². The molecule has 1 saturated heterocycles. The summed E-state index contributed by atoms with van der Waals surface area (Å²) in [6.45, 7) is 2.96. The van der Waals surface area contributed by atoms with Crippen LogP contribution < -0.4 is 14.8 Å². The Morgan fingerprint density at radius 1 is 1.14 bits per heavy atom. The quantitative estimate of drug-likeness (QED) is 0.514. The van der Waals surface area contributed by atoms with Crippen molar-refractivity contribution in [2.45, 2.75) is 31.9 Å². The fourth-order valence-electron chi connectivity index (χ4n) is 4.60. The molecule has 2 unspecified atom stereocenters. The number of halogens is 1. The smallest absolute Gasteiger partial charge is 0.322 e. The summed E-state index contributed by atoms with van der Waals surface area (Å²) in [4.78, 5) is 19.5. The molecule has 2 aromatic carbocycles. The van der Waals surface area contributed by atoms with Gasteiger partial charge in [0.05, 0.1) is 38.5 Å². The second kappa shape index (κ2) is 9.98. The highest BCUT2D eigenvalue weighted by Crippen LogP contribution is 2.40. The molecular formula is C26H27FN4O5. The van der Waals surface area contributed by atoms with Gasteiger partial charge in [0.15, 0.2) is 11.5 Å². The van der Waals surface area contributed by atoms with Crippen LogP contribution >= 0.6 is 0 Å². The Morgan fingerprint density at radius 3 is 2.61 bits per heavy atom. The summed E-state index contributed by atoms with van der Waals surface area (Å²) in [5.41, 5.74) is 2.71. The van der Waals surface area contributed by atoms with Crippen LogP contribution in [0.5, 0.6) is 11.5 Å². The molecule has 36 heavy (non-hydrogen) atoms. The molecule has 2 amide bonds. The van der Waals surface area contributed by atoms with E-state index in [4.69, 9.17) is 18.7 Å². The van der Waals surface area contributed by atoms with Crippen molar-refractivity contribution in [1.29, 1.82) is 0 Å². The summed E-state index contributed by atoms with van der Waals surface area (Å²) >= 11 is 0. The van der Waals surface area contributed by atoms with Crippen molar-refractivity contribution in [1.82, 2.24) is 20.4 Å². The summed E-state index contributed by atoms with van der Waals surface area (Å²) in [6, 6.07) is 10.5. The monoisotopic (exact) mass is 494 g/mol. The molecule has 0 spiro atoms. The van der Waals surface area contributed by atoms with Gasteiger partial charge in [-0.3, -0.25) is 4.90 Å². The predicted octanol–water partition coefficient (Wildman–Crippen LogP) is 4.57. The number of rotatable bonds is 7. The van der Waals surface area contributed by atoms with Gasteiger partial charge in [0.2, 0.25) is 5.82 Å². The number of methoxy groups -OCH3 is 2. The van der Waals surface area contributed by atoms with Crippen LogP contribution in [0.15, 0.2) is 52.7 Å². The van der Waals surface area contributed by atoms with E-state index in [9.17, 15) is 9.18 Å². The molecule has 0 bridgehead atoms.